The fourth-order valence-electron chi connectivity index (χ4n) is 1.83. The largest absolute Gasteiger partial charge is 0.398 e. The lowest BCUT2D eigenvalue weighted by molar-refractivity contribution is 0.467. The SMILES string of the molecule is CN(Cc1ccccc1Cl)S(=O)(=O)c1ccccc1N. The van der Waals surface area contributed by atoms with Crippen molar-refractivity contribution in [3.8, 4) is 0 Å². The van der Waals surface area contributed by atoms with Crippen molar-refractivity contribution >= 4 is 27.3 Å². The zero-order chi connectivity index (χ0) is 14.8. The molecule has 0 bridgehead atoms. The summed E-state index contributed by atoms with van der Waals surface area (Å²) in [5.41, 5.74) is 6.72. The Bertz CT molecular complexity index is 717. The standard InChI is InChI=1S/C14H15ClN2O2S/c1-17(10-11-6-2-3-7-12(11)15)20(18,19)14-9-5-4-8-13(14)16/h2-9H,10,16H2,1H3. The van der Waals surface area contributed by atoms with Crippen LogP contribution in [0.25, 0.3) is 0 Å². The van der Waals surface area contributed by atoms with Crippen LogP contribution in [0.15, 0.2) is 53.4 Å². The average molecular weight is 311 g/mol. The first kappa shape index (κ1) is 14.8. The Morgan fingerprint density at radius 1 is 1.10 bits per heavy atom. The number of anilines is 1. The first-order valence-corrected chi connectivity index (χ1v) is 7.79. The monoisotopic (exact) mass is 310 g/mol. The smallest absolute Gasteiger partial charge is 0.245 e. The molecule has 0 saturated carbocycles. The Morgan fingerprint density at radius 3 is 2.35 bits per heavy atom. The third-order valence-corrected chi connectivity index (χ3v) is 5.20. The Kier molecular flexibility index (Phi) is 4.32. The predicted octanol–water partition coefficient (Wildman–Crippen LogP) is 2.74. The number of nitrogens with two attached hydrogens (primary N) is 1. The molecule has 0 radical (unpaired) electrons. The number of hydrogen-bond acceptors (Lipinski definition) is 3. The maximum atomic E-state index is 12.5. The molecule has 106 valence electrons. The lowest BCUT2D eigenvalue weighted by atomic mass is 10.2. The van der Waals surface area contributed by atoms with Crippen molar-refractivity contribution in [3.05, 3.63) is 59.1 Å². The molecule has 0 spiro atoms. The van der Waals surface area contributed by atoms with Crippen molar-refractivity contribution in [2.24, 2.45) is 0 Å². The van der Waals surface area contributed by atoms with Gasteiger partial charge in [-0.15, -0.1) is 0 Å². The molecule has 0 fully saturated rings. The first-order valence-electron chi connectivity index (χ1n) is 5.97. The molecule has 0 unspecified atom stereocenters. The van der Waals surface area contributed by atoms with Gasteiger partial charge in [0.05, 0.1) is 5.69 Å². The van der Waals surface area contributed by atoms with Crippen LogP contribution < -0.4 is 5.73 Å². The molecule has 0 aromatic heterocycles. The molecule has 20 heavy (non-hydrogen) atoms. The summed E-state index contributed by atoms with van der Waals surface area (Å²) < 4.78 is 26.2. The van der Waals surface area contributed by atoms with Crippen molar-refractivity contribution in [1.82, 2.24) is 4.31 Å². The van der Waals surface area contributed by atoms with Gasteiger partial charge in [0.25, 0.3) is 0 Å². The Balaban J connectivity index is 2.31. The maximum absolute atomic E-state index is 12.5. The van der Waals surface area contributed by atoms with Crippen molar-refractivity contribution < 1.29 is 8.42 Å². The number of para-hydroxylation sites is 1. The van der Waals surface area contributed by atoms with E-state index < -0.39 is 10.0 Å². The fraction of sp³-hybridized carbons (Fsp3) is 0.143. The highest BCUT2D eigenvalue weighted by Crippen LogP contribution is 2.24. The van der Waals surface area contributed by atoms with E-state index in [0.29, 0.717) is 5.02 Å². The summed E-state index contributed by atoms with van der Waals surface area (Å²) in [7, 11) is -2.13. The van der Waals surface area contributed by atoms with Gasteiger partial charge in [-0.2, -0.15) is 4.31 Å². The van der Waals surface area contributed by atoms with E-state index in [1.807, 2.05) is 6.07 Å². The number of nitrogen functional groups attached to an aromatic ring is 1. The molecule has 4 nitrogen and oxygen atoms in total. The number of rotatable bonds is 4. The van der Waals surface area contributed by atoms with Crippen LogP contribution in [0.5, 0.6) is 0 Å². The molecule has 0 aliphatic rings. The molecule has 0 saturated heterocycles. The van der Waals surface area contributed by atoms with Gasteiger partial charge in [-0.1, -0.05) is 41.9 Å². The van der Waals surface area contributed by atoms with E-state index in [-0.39, 0.29) is 17.1 Å². The molecular weight excluding hydrogens is 296 g/mol. The van der Waals surface area contributed by atoms with Crippen LogP contribution in [0.2, 0.25) is 5.02 Å². The minimum absolute atomic E-state index is 0.106. The average Bonchev–Trinajstić information content (AvgIpc) is 2.41. The molecule has 2 rings (SSSR count). The van der Waals surface area contributed by atoms with Gasteiger partial charge in [0.15, 0.2) is 0 Å². The summed E-state index contributed by atoms with van der Waals surface area (Å²) in [5.74, 6) is 0. The van der Waals surface area contributed by atoms with Gasteiger partial charge in [-0.3, -0.25) is 0 Å². The van der Waals surface area contributed by atoms with Gasteiger partial charge in [-0.05, 0) is 23.8 Å². The Morgan fingerprint density at radius 2 is 1.70 bits per heavy atom. The van der Waals surface area contributed by atoms with Gasteiger partial charge in [0, 0.05) is 18.6 Å². The lowest BCUT2D eigenvalue weighted by Gasteiger charge is -2.18. The molecule has 6 heteroatoms. The lowest BCUT2D eigenvalue weighted by Crippen LogP contribution is -2.27. The van der Waals surface area contributed by atoms with Crippen LogP contribution in [0.4, 0.5) is 5.69 Å². The molecule has 2 aromatic rings. The summed E-state index contributed by atoms with van der Waals surface area (Å²) in [6, 6.07) is 13.5. The summed E-state index contributed by atoms with van der Waals surface area (Å²) in [6.45, 7) is 0.191. The summed E-state index contributed by atoms with van der Waals surface area (Å²) in [6.07, 6.45) is 0. The van der Waals surface area contributed by atoms with E-state index in [0.717, 1.165) is 5.56 Å². The third kappa shape index (κ3) is 2.95. The summed E-state index contributed by atoms with van der Waals surface area (Å²) >= 11 is 6.05. The first-order chi connectivity index (χ1) is 9.43. The molecule has 2 N–H and O–H groups in total. The van der Waals surface area contributed by atoms with E-state index in [4.69, 9.17) is 17.3 Å². The van der Waals surface area contributed by atoms with E-state index in [1.54, 1.807) is 36.4 Å². The van der Waals surface area contributed by atoms with Crippen LogP contribution in [0.1, 0.15) is 5.56 Å². The zero-order valence-electron chi connectivity index (χ0n) is 11.0. The van der Waals surface area contributed by atoms with Gasteiger partial charge in [-0.25, -0.2) is 8.42 Å². The third-order valence-electron chi connectivity index (χ3n) is 2.96. The minimum Gasteiger partial charge on any atom is -0.398 e. The Hall–Kier alpha value is -1.56. The highest BCUT2D eigenvalue weighted by Gasteiger charge is 2.23. The highest BCUT2D eigenvalue weighted by molar-refractivity contribution is 7.89. The molecule has 0 heterocycles. The van der Waals surface area contributed by atoms with Crippen molar-refractivity contribution in [2.75, 3.05) is 12.8 Å². The van der Waals surface area contributed by atoms with Crippen LogP contribution in [-0.4, -0.2) is 19.8 Å². The van der Waals surface area contributed by atoms with Crippen LogP contribution in [-0.2, 0) is 16.6 Å². The van der Waals surface area contributed by atoms with E-state index in [1.165, 1.54) is 17.4 Å². The molecule has 0 aliphatic heterocycles. The topological polar surface area (TPSA) is 63.4 Å². The van der Waals surface area contributed by atoms with Crippen molar-refractivity contribution in [2.45, 2.75) is 11.4 Å². The number of nitrogens with zero attached hydrogens (tertiary/aromatic N) is 1. The molecule has 0 amide bonds. The summed E-state index contributed by atoms with van der Waals surface area (Å²) in [4.78, 5) is 0.106. The van der Waals surface area contributed by atoms with E-state index >= 15 is 0 Å². The van der Waals surface area contributed by atoms with Gasteiger partial charge in [0.2, 0.25) is 10.0 Å². The van der Waals surface area contributed by atoms with Crippen molar-refractivity contribution in [1.29, 1.82) is 0 Å². The van der Waals surface area contributed by atoms with Crippen LogP contribution in [0.3, 0.4) is 0 Å². The normalized spacial score (nSPS) is 11.8. The summed E-state index contributed by atoms with van der Waals surface area (Å²) in [5, 5.41) is 0.538. The fourth-order valence-corrected chi connectivity index (χ4v) is 3.29. The number of halogens is 1. The van der Waals surface area contributed by atoms with Gasteiger partial charge >= 0.3 is 0 Å². The van der Waals surface area contributed by atoms with E-state index in [2.05, 4.69) is 0 Å². The molecular formula is C14H15ClN2O2S. The number of sulfonamides is 1. The zero-order valence-corrected chi connectivity index (χ0v) is 12.5. The second-order valence-corrected chi connectivity index (χ2v) is 6.81. The highest BCUT2D eigenvalue weighted by atomic mass is 35.5. The Labute approximate surface area is 123 Å². The molecule has 0 aliphatic carbocycles. The van der Waals surface area contributed by atoms with Crippen LogP contribution >= 0.6 is 11.6 Å². The minimum atomic E-state index is -3.63. The van der Waals surface area contributed by atoms with E-state index in [9.17, 15) is 8.42 Å². The molecule has 0 atom stereocenters. The van der Waals surface area contributed by atoms with Crippen LogP contribution in [0, 0.1) is 0 Å². The number of benzene rings is 2. The van der Waals surface area contributed by atoms with Gasteiger partial charge < -0.3 is 5.73 Å². The maximum Gasteiger partial charge on any atom is 0.245 e. The quantitative estimate of drug-likeness (QED) is 0.883. The predicted molar refractivity (Wildman–Crippen MR) is 81.0 cm³/mol. The van der Waals surface area contributed by atoms with Crippen molar-refractivity contribution in [3.63, 3.8) is 0 Å². The number of hydrogen-bond donors (Lipinski definition) is 1. The second-order valence-electron chi connectivity index (χ2n) is 4.39. The van der Waals surface area contributed by atoms with Gasteiger partial charge in [0.1, 0.15) is 4.90 Å². The molecule has 2 aromatic carbocycles. The second kappa shape index (κ2) is 5.83.